The normalized spacial score (nSPS) is 16.9. The first-order chi connectivity index (χ1) is 14.5. The van der Waals surface area contributed by atoms with E-state index >= 15 is 0 Å². The standard InChI is InChI=1S/C21H30N4O4S.HI/c1-2-28-16-18-10-12-25(15-18)21(23-11-9-19-4-3-13-29-19)24-14-17-5-7-20(8-6-17)30(22,26)27;/h3-8,13,18H,2,9-12,14-16H2,1H3,(H,23,24)(H2,22,26,27);1H. The Balaban J connectivity index is 0.00000341. The lowest BCUT2D eigenvalue weighted by Gasteiger charge is -2.22. The van der Waals surface area contributed by atoms with Crippen molar-refractivity contribution >= 4 is 40.0 Å². The Labute approximate surface area is 201 Å². The molecule has 1 saturated heterocycles. The second-order valence-electron chi connectivity index (χ2n) is 7.35. The van der Waals surface area contributed by atoms with E-state index in [1.807, 2.05) is 19.1 Å². The van der Waals surface area contributed by atoms with Crippen LogP contribution in [0, 0.1) is 5.92 Å². The summed E-state index contributed by atoms with van der Waals surface area (Å²) in [5, 5.41) is 8.61. The Bertz CT molecular complexity index is 917. The molecule has 0 saturated carbocycles. The molecule has 0 aliphatic carbocycles. The van der Waals surface area contributed by atoms with E-state index in [0.29, 0.717) is 19.0 Å². The molecule has 31 heavy (non-hydrogen) atoms. The average Bonchev–Trinajstić information content (AvgIpc) is 3.41. The lowest BCUT2D eigenvalue weighted by atomic mass is 10.1. The number of sulfonamides is 1. The first-order valence-electron chi connectivity index (χ1n) is 10.2. The quantitative estimate of drug-likeness (QED) is 0.276. The highest BCUT2D eigenvalue weighted by Crippen LogP contribution is 2.17. The van der Waals surface area contributed by atoms with Crippen LogP contribution in [0.3, 0.4) is 0 Å². The summed E-state index contributed by atoms with van der Waals surface area (Å²) in [6.45, 7) is 6.49. The van der Waals surface area contributed by atoms with Crippen LogP contribution in [0.4, 0.5) is 0 Å². The number of primary sulfonamides is 1. The third-order valence-corrected chi connectivity index (χ3v) is 5.97. The van der Waals surface area contributed by atoms with Crippen LogP contribution < -0.4 is 10.5 Å². The molecule has 0 radical (unpaired) electrons. The van der Waals surface area contributed by atoms with E-state index in [1.165, 1.54) is 12.1 Å². The molecule has 1 aromatic carbocycles. The molecule has 1 aliphatic heterocycles. The molecule has 0 bridgehead atoms. The number of benzene rings is 1. The fourth-order valence-corrected chi connectivity index (χ4v) is 3.93. The Kier molecular flexibility index (Phi) is 10.3. The van der Waals surface area contributed by atoms with Gasteiger partial charge in [-0.1, -0.05) is 12.1 Å². The smallest absolute Gasteiger partial charge is 0.238 e. The fraction of sp³-hybridized carbons (Fsp3) is 0.476. The Morgan fingerprint density at radius 3 is 2.74 bits per heavy atom. The summed E-state index contributed by atoms with van der Waals surface area (Å²) >= 11 is 0. The third kappa shape index (κ3) is 8.09. The summed E-state index contributed by atoms with van der Waals surface area (Å²) in [5.74, 6) is 2.27. The maximum Gasteiger partial charge on any atom is 0.238 e. The first-order valence-corrected chi connectivity index (χ1v) is 11.8. The van der Waals surface area contributed by atoms with Gasteiger partial charge in [0.1, 0.15) is 5.76 Å². The van der Waals surface area contributed by atoms with E-state index in [-0.39, 0.29) is 28.9 Å². The molecule has 1 fully saturated rings. The molecule has 172 valence electrons. The number of nitrogens with zero attached hydrogens (tertiary/aromatic N) is 2. The van der Waals surface area contributed by atoms with Crippen LogP contribution in [0.15, 0.2) is 57.0 Å². The van der Waals surface area contributed by atoms with E-state index in [4.69, 9.17) is 19.3 Å². The van der Waals surface area contributed by atoms with Gasteiger partial charge in [-0.15, -0.1) is 24.0 Å². The molecule has 1 aliphatic rings. The highest BCUT2D eigenvalue weighted by molar-refractivity contribution is 14.0. The molecule has 8 nitrogen and oxygen atoms in total. The first kappa shape index (κ1) is 25.6. The maximum absolute atomic E-state index is 11.4. The van der Waals surface area contributed by atoms with Crippen LogP contribution in [0.2, 0.25) is 0 Å². The minimum absolute atomic E-state index is 0. The molecule has 1 aromatic heterocycles. The van der Waals surface area contributed by atoms with Crippen LogP contribution in [-0.2, 0) is 27.7 Å². The van der Waals surface area contributed by atoms with Gasteiger partial charge in [-0.2, -0.15) is 0 Å². The third-order valence-electron chi connectivity index (χ3n) is 5.04. The number of hydrogen-bond acceptors (Lipinski definition) is 5. The highest BCUT2D eigenvalue weighted by Gasteiger charge is 2.25. The molecule has 3 rings (SSSR count). The molecule has 1 unspecified atom stereocenters. The molecule has 2 aromatic rings. The van der Waals surface area contributed by atoms with Crippen molar-refractivity contribution in [2.24, 2.45) is 16.0 Å². The lowest BCUT2D eigenvalue weighted by Crippen LogP contribution is -2.41. The number of furan rings is 1. The molecule has 10 heteroatoms. The van der Waals surface area contributed by atoms with E-state index < -0.39 is 10.0 Å². The molecule has 1 atom stereocenters. The lowest BCUT2D eigenvalue weighted by molar-refractivity contribution is 0.114. The van der Waals surface area contributed by atoms with Crippen molar-refractivity contribution in [2.45, 2.75) is 31.2 Å². The number of guanidine groups is 1. The van der Waals surface area contributed by atoms with Gasteiger partial charge in [-0.3, -0.25) is 0 Å². The van der Waals surface area contributed by atoms with Crippen molar-refractivity contribution in [3.8, 4) is 0 Å². The number of rotatable bonds is 9. The summed E-state index contributed by atoms with van der Waals surface area (Å²) in [5.41, 5.74) is 0.915. The minimum Gasteiger partial charge on any atom is -0.469 e. The summed E-state index contributed by atoms with van der Waals surface area (Å²) in [4.78, 5) is 7.14. The van der Waals surface area contributed by atoms with Crippen molar-refractivity contribution in [3.63, 3.8) is 0 Å². The van der Waals surface area contributed by atoms with Crippen LogP contribution in [0.1, 0.15) is 24.7 Å². The number of hydrogen-bond donors (Lipinski definition) is 2. The molecule has 0 amide bonds. The maximum atomic E-state index is 11.4. The van der Waals surface area contributed by atoms with E-state index in [0.717, 1.165) is 56.4 Å². The Morgan fingerprint density at radius 1 is 1.32 bits per heavy atom. The van der Waals surface area contributed by atoms with Gasteiger partial charge in [0, 0.05) is 38.6 Å². The van der Waals surface area contributed by atoms with Crippen molar-refractivity contribution < 1.29 is 17.6 Å². The number of ether oxygens (including phenoxy) is 1. The molecule has 2 heterocycles. The van der Waals surface area contributed by atoms with E-state index in [1.54, 1.807) is 18.4 Å². The number of aliphatic imine (C=N–C) groups is 1. The van der Waals surface area contributed by atoms with Gasteiger partial charge in [0.2, 0.25) is 10.0 Å². The van der Waals surface area contributed by atoms with Gasteiger partial charge >= 0.3 is 0 Å². The van der Waals surface area contributed by atoms with Gasteiger partial charge < -0.3 is 19.4 Å². The van der Waals surface area contributed by atoms with Crippen molar-refractivity contribution in [2.75, 3.05) is 32.8 Å². The van der Waals surface area contributed by atoms with Gasteiger partial charge in [0.15, 0.2) is 5.96 Å². The number of nitrogens with one attached hydrogen (secondary N) is 1. The zero-order valence-corrected chi connectivity index (χ0v) is 20.8. The van der Waals surface area contributed by atoms with Gasteiger partial charge in [0.05, 0.1) is 24.3 Å². The van der Waals surface area contributed by atoms with E-state index in [2.05, 4.69) is 10.2 Å². The van der Waals surface area contributed by atoms with Gasteiger partial charge in [0.25, 0.3) is 0 Å². The van der Waals surface area contributed by atoms with Gasteiger partial charge in [-0.25, -0.2) is 18.5 Å². The van der Waals surface area contributed by atoms with Crippen molar-refractivity contribution in [3.05, 3.63) is 54.0 Å². The van der Waals surface area contributed by atoms with Gasteiger partial charge in [-0.05, 0) is 43.2 Å². The number of nitrogens with two attached hydrogens (primary N) is 1. The molecule has 3 N–H and O–H groups in total. The van der Waals surface area contributed by atoms with Crippen LogP contribution in [0.25, 0.3) is 0 Å². The van der Waals surface area contributed by atoms with E-state index in [9.17, 15) is 8.42 Å². The minimum atomic E-state index is -3.69. The molecular formula is C21H31IN4O4S. The zero-order chi connectivity index (χ0) is 21.4. The monoisotopic (exact) mass is 562 g/mol. The van der Waals surface area contributed by atoms with Crippen LogP contribution in [0.5, 0.6) is 0 Å². The largest absolute Gasteiger partial charge is 0.469 e. The molecular weight excluding hydrogens is 531 g/mol. The molecule has 0 spiro atoms. The van der Waals surface area contributed by atoms with Crippen LogP contribution in [-0.4, -0.2) is 52.1 Å². The summed E-state index contributed by atoms with van der Waals surface area (Å²) in [6, 6.07) is 10.3. The van der Waals surface area contributed by atoms with Crippen molar-refractivity contribution in [1.29, 1.82) is 0 Å². The predicted molar refractivity (Wildman–Crippen MR) is 131 cm³/mol. The SMILES string of the molecule is CCOCC1CCN(C(=NCc2ccc(S(N)(=O)=O)cc2)NCCc2ccco2)C1.I. The average molecular weight is 562 g/mol. The fourth-order valence-electron chi connectivity index (χ4n) is 3.42. The predicted octanol–water partition coefficient (Wildman–Crippen LogP) is 2.59. The number of likely N-dealkylation sites (tertiary alicyclic amines) is 1. The topological polar surface area (TPSA) is 110 Å². The van der Waals surface area contributed by atoms with Crippen LogP contribution >= 0.6 is 24.0 Å². The zero-order valence-electron chi connectivity index (χ0n) is 17.7. The Morgan fingerprint density at radius 2 is 2.10 bits per heavy atom. The summed E-state index contributed by atoms with van der Waals surface area (Å²) < 4.78 is 33.8. The second kappa shape index (κ2) is 12.4. The summed E-state index contributed by atoms with van der Waals surface area (Å²) in [6.07, 6.45) is 3.52. The second-order valence-corrected chi connectivity index (χ2v) is 8.91. The summed E-state index contributed by atoms with van der Waals surface area (Å²) in [7, 11) is -3.69. The highest BCUT2D eigenvalue weighted by atomic mass is 127. The Hall–Kier alpha value is -1.63. The number of halogens is 1. The van der Waals surface area contributed by atoms with Crippen molar-refractivity contribution in [1.82, 2.24) is 10.2 Å².